The number of aliphatic carboxylic acids is 3. The Balaban J connectivity index is 0.686. The number of aromatic nitrogens is 4. The quantitative estimate of drug-likeness (QED) is 0.0117. The standard InChI is InChI=1S/C112H70N12O12S4/c1-116-89(112(130)131)53-69-21-49-97-105(57-69)140-101-17-9-5-13-93(101)124(97)64-135-79-36-28-73(29-37-79)109-87-44-40-83(119-87)106(70-22-30-76(31-23-70)132-61-121-90-10-2-6-14-98(90)137-102-54-66(18-46-94(102)121)50-74(58-113)110(126)127)81-38-42-85(117-81)108(72-26-34-78(35-27-72)134-63-123-92-12-4-8-16-100(92)139-104-56-68(20-48-96(104)123)52-80(60-115)136-65-125)86-43-39-82(118-86)107(84-41-45-88(109)120-84)71-24-32-77(33-25-71)133-62-122-91-11-3-7-15-99(91)138-103-55-67(19-47-95(103)122)51-75(59-114)111(128)129/h2-57,65,117,120H,61-64H2,(H,126,127)(H,128,129)(H,130,131)/b74-50-,75-51-,80-52+,89-53-,106-81?,106-83?,107-82?,107-84?,108-85?,108-86?,109-87?,109-88?. The number of aromatic amines is 2. The number of carbonyl (C=O) groups excluding carboxylic acids is 1. The van der Waals surface area contributed by atoms with E-state index in [1.54, 1.807) is 77.4 Å². The highest BCUT2D eigenvalue weighted by atomic mass is 32.2. The average Bonchev–Trinajstić information content (AvgIpc) is 1.57. The number of hydrogen-bond acceptors (Lipinski definition) is 22. The van der Waals surface area contributed by atoms with Crippen LogP contribution in [0, 0.1) is 40.6 Å². The van der Waals surface area contributed by atoms with Gasteiger partial charge in [-0.2, -0.15) is 15.8 Å². The number of ether oxygens (including phenoxy) is 5. The van der Waals surface area contributed by atoms with E-state index in [1.165, 1.54) is 24.3 Å². The summed E-state index contributed by atoms with van der Waals surface area (Å²) in [6.07, 6.45) is 13.7. The number of carboxylic acid groups (broad SMARTS) is 3. The van der Waals surface area contributed by atoms with E-state index in [2.05, 4.69) is 58.7 Å². The second kappa shape index (κ2) is 38.3. The number of nitrogens with zero attached hydrogens (tertiary/aromatic N) is 10. The fraction of sp³-hybridized carbons (Fsp3) is 0.0357. The Bertz CT molecular complexity index is 7630. The van der Waals surface area contributed by atoms with Crippen LogP contribution >= 0.6 is 47.0 Å². The molecule has 0 radical (unpaired) electrons. The zero-order chi connectivity index (χ0) is 95.6. The molecule has 0 amide bonds. The molecule has 28 heteroatoms. The van der Waals surface area contributed by atoms with E-state index in [9.17, 15) is 50.3 Å². The third-order valence-corrected chi connectivity index (χ3v) is 28.4. The van der Waals surface area contributed by atoms with Crippen molar-refractivity contribution < 1.29 is 58.2 Å². The molecule has 15 aromatic rings. The van der Waals surface area contributed by atoms with Gasteiger partial charge in [0.2, 0.25) is 5.76 Å². The smallest absolute Gasteiger partial charge is 0.346 e. The summed E-state index contributed by atoms with van der Waals surface area (Å²) in [6.45, 7) is 8.15. The number of carbonyl (C=O) groups is 4. The van der Waals surface area contributed by atoms with Crippen LogP contribution in [0.5, 0.6) is 23.0 Å². The van der Waals surface area contributed by atoms with Gasteiger partial charge in [0.05, 0.1) is 74.8 Å². The first-order chi connectivity index (χ1) is 68.5. The maximum Gasteiger partial charge on any atom is 0.346 e. The molecule has 21 rings (SSSR count). The van der Waals surface area contributed by atoms with Gasteiger partial charge in [-0.25, -0.2) is 24.4 Å². The zero-order valence-electron chi connectivity index (χ0n) is 73.4. The highest BCUT2D eigenvalue weighted by Crippen LogP contribution is 2.54. The summed E-state index contributed by atoms with van der Waals surface area (Å²) >= 11 is 6.22. The maximum absolute atomic E-state index is 12.0. The monoisotopic (exact) mass is 1900 g/mol. The summed E-state index contributed by atoms with van der Waals surface area (Å²) in [6, 6.07) is 99.9. The number of nitriles is 3. The lowest BCUT2D eigenvalue weighted by molar-refractivity contribution is -0.133. The predicted octanol–water partition coefficient (Wildman–Crippen LogP) is 26.2. The second-order valence-electron chi connectivity index (χ2n) is 32.3. The summed E-state index contributed by atoms with van der Waals surface area (Å²) in [7, 11) is 0. The molecular weight excluding hydrogens is 1830 g/mol. The number of para-hydroxylation sites is 4. The SMILES string of the molecule is [C-]#[N+]/C(=C\c1ccc2c(c1)Sc1ccccc1N2COc1ccc(-c2c3nc(c(-c4ccc(OCN5c6ccccc6Sc6cc(/C=C(/C#N)C(=O)O)ccc65)cc4)c4ccc([nH]4)c(-c4ccc(OCN5c6ccccc6Sc6cc(/C=C(\C#N)OC=O)ccc65)cc4)c4nc(c(-c5ccc(OCN6c7ccccc7Sc7cc(/C=C(/C#N)C(=O)O)ccc76)cc5)c5ccc2[nH]5)C=C4)C=C3)cc1)C(=O)O. The van der Waals surface area contributed by atoms with Crippen molar-refractivity contribution in [2.24, 2.45) is 0 Å². The number of allylic oxidation sites excluding steroid dienone is 1. The number of benzene rings is 12. The van der Waals surface area contributed by atoms with Crippen LogP contribution in [0.3, 0.4) is 0 Å². The Labute approximate surface area is 817 Å². The molecular formula is C112H70N12O12S4. The van der Waals surface area contributed by atoms with Crippen molar-refractivity contribution in [3.05, 3.63) is 370 Å². The van der Waals surface area contributed by atoms with Crippen LogP contribution in [0.4, 0.5) is 45.5 Å². The van der Waals surface area contributed by atoms with E-state index in [-0.39, 0.29) is 50.3 Å². The van der Waals surface area contributed by atoms with E-state index in [0.717, 1.165) is 151 Å². The lowest BCUT2D eigenvalue weighted by Gasteiger charge is -2.32. The van der Waals surface area contributed by atoms with Crippen LogP contribution in [-0.4, -0.2) is 86.6 Å². The largest absolute Gasteiger partial charge is 0.486 e. The van der Waals surface area contributed by atoms with Crippen LogP contribution in [0.2, 0.25) is 0 Å². The highest BCUT2D eigenvalue weighted by Gasteiger charge is 2.32. The molecule has 0 unspecified atom stereocenters. The van der Waals surface area contributed by atoms with Crippen molar-refractivity contribution in [3.63, 3.8) is 0 Å². The van der Waals surface area contributed by atoms with Crippen molar-refractivity contribution in [1.82, 2.24) is 19.9 Å². The Morgan fingerprint density at radius 3 is 0.871 bits per heavy atom. The molecule has 674 valence electrons. The fourth-order valence-corrected chi connectivity index (χ4v) is 22.0. The summed E-state index contributed by atoms with van der Waals surface area (Å²) in [5, 5.41) is 58.3. The van der Waals surface area contributed by atoms with Crippen LogP contribution in [-0.2, 0) is 23.9 Å². The van der Waals surface area contributed by atoms with Gasteiger partial charge in [0, 0.05) is 83.5 Å². The van der Waals surface area contributed by atoms with Crippen LogP contribution in [0.25, 0.3) is 120 Å². The molecule has 0 saturated heterocycles. The first-order valence-corrected chi connectivity index (χ1v) is 46.9. The van der Waals surface area contributed by atoms with Crippen LogP contribution in [0.15, 0.2) is 353 Å². The average molecular weight is 1900 g/mol. The Kier molecular flexibility index (Phi) is 24.2. The minimum Gasteiger partial charge on any atom is -0.486 e. The number of nitrogens with one attached hydrogen (secondary N) is 2. The number of H-pyrrole nitrogens is 2. The van der Waals surface area contributed by atoms with Crippen molar-refractivity contribution in [2.75, 3.05) is 46.5 Å². The topological polar surface area (TPSA) is 321 Å². The summed E-state index contributed by atoms with van der Waals surface area (Å²) in [5.41, 5.74) is 20.0. The zero-order valence-corrected chi connectivity index (χ0v) is 76.6. The molecule has 9 heterocycles. The van der Waals surface area contributed by atoms with Gasteiger partial charge >= 0.3 is 17.9 Å². The van der Waals surface area contributed by atoms with Gasteiger partial charge < -0.3 is 68.6 Å². The molecule has 6 aliphatic rings. The molecule has 8 bridgehead atoms. The van der Waals surface area contributed by atoms with Crippen molar-refractivity contribution >= 4 is 188 Å². The summed E-state index contributed by atoms with van der Waals surface area (Å²) in [4.78, 5) is 85.2. The minimum atomic E-state index is -1.31. The summed E-state index contributed by atoms with van der Waals surface area (Å²) < 4.78 is 32.0. The summed E-state index contributed by atoms with van der Waals surface area (Å²) in [5.74, 6) is -1.78. The number of hydrogen-bond donors (Lipinski definition) is 5. The molecule has 0 aliphatic carbocycles. The maximum atomic E-state index is 12.0. The molecule has 24 nitrogen and oxygen atoms in total. The second-order valence-corrected chi connectivity index (χ2v) is 36.7. The number of fused-ring (bicyclic) bond motifs is 16. The highest BCUT2D eigenvalue weighted by molar-refractivity contribution is 8.00. The van der Waals surface area contributed by atoms with Crippen LogP contribution < -0.4 is 38.5 Å². The van der Waals surface area contributed by atoms with Gasteiger partial charge in [0.1, 0.15) is 52.4 Å². The fourth-order valence-electron chi connectivity index (χ4n) is 17.4. The van der Waals surface area contributed by atoms with Gasteiger partial charge in [-0.1, -0.05) is 168 Å². The van der Waals surface area contributed by atoms with Gasteiger partial charge in [-0.05, 0) is 263 Å². The van der Waals surface area contributed by atoms with Crippen molar-refractivity contribution in [1.29, 1.82) is 15.8 Å². The molecule has 0 atom stereocenters. The number of anilines is 8. The molecule has 0 fully saturated rings. The Morgan fingerprint density at radius 2 is 0.614 bits per heavy atom. The third-order valence-electron chi connectivity index (χ3n) is 23.9. The number of rotatable bonds is 25. The van der Waals surface area contributed by atoms with E-state index in [4.69, 9.17) is 40.2 Å². The molecule has 0 spiro atoms. The minimum absolute atomic E-state index is 0.0954. The molecule has 12 aromatic carbocycles. The lowest BCUT2D eigenvalue weighted by Crippen LogP contribution is -2.25. The molecule has 3 aromatic heterocycles. The Hall–Kier alpha value is -18.2. The molecule has 5 N–H and O–H groups in total. The Morgan fingerprint density at radius 1 is 0.343 bits per heavy atom. The van der Waals surface area contributed by atoms with E-state index in [0.29, 0.717) is 68.0 Å². The molecule has 6 aliphatic heterocycles. The van der Waals surface area contributed by atoms with Crippen LogP contribution in [0.1, 0.15) is 45.0 Å². The van der Waals surface area contributed by atoms with E-state index < -0.39 is 23.6 Å². The van der Waals surface area contributed by atoms with E-state index in [1.807, 2.05) is 279 Å². The predicted molar refractivity (Wildman–Crippen MR) is 545 cm³/mol. The first kappa shape index (κ1) is 88.4. The molecule has 0 saturated carbocycles. The number of carboxylic acids is 3. The lowest BCUT2D eigenvalue weighted by atomic mass is 10.0. The van der Waals surface area contributed by atoms with Crippen molar-refractivity contribution in [3.8, 4) is 85.7 Å². The van der Waals surface area contributed by atoms with Gasteiger partial charge in [0.15, 0.2) is 26.9 Å². The third kappa shape index (κ3) is 17.7. The molecule has 140 heavy (non-hydrogen) atoms. The van der Waals surface area contributed by atoms with E-state index >= 15 is 0 Å². The first-order valence-electron chi connectivity index (χ1n) is 43.6. The van der Waals surface area contributed by atoms with Gasteiger partial charge in [-0.15, -0.1) is 0 Å². The van der Waals surface area contributed by atoms with Gasteiger partial charge in [-0.3, -0.25) is 9.59 Å². The van der Waals surface area contributed by atoms with Crippen molar-refractivity contribution in [2.45, 2.75) is 39.2 Å². The van der Waals surface area contributed by atoms with Gasteiger partial charge in [0.25, 0.3) is 12.2 Å². The normalized spacial score (nSPS) is 13.1.